The summed E-state index contributed by atoms with van der Waals surface area (Å²) in [6.45, 7) is 0. The van der Waals surface area contributed by atoms with Crippen LogP contribution >= 0.6 is 0 Å². The van der Waals surface area contributed by atoms with Crippen LogP contribution in [0.4, 0.5) is 4.39 Å². The second kappa shape index (κ2) is 4.90. The number of benzene rings is 3. The average molecular weight is 312 g/mol. The number of hydrogen-bond donors (Lipinski definition) is 0. The Morgan fingerprint density at radius 1 is 0.750 bits per heavy atom. The Labute approximate surface area is 137 Å². The van der Waals surface area contributed by atoms with Gasteiger partial charge in [0.1, 0.15) is 11.6 Å². The van der Waals surface area contributed by atoms with Crippen molar-refractivity contribution in [2.45, 2.75) is 0 Å². The molecule has 0 aliphatic carbocycles. The van der Waals surface area contributed by atoms with E-state index in [0.29, 0.717) is 0 Å². The van der Waals surface area contributed by atoms with Crippen molar-refractivity contribution in [1.82, 2.24) is 9.38 Å². The highest BCUT2D eigenvalue weighted by Gasteiger charge is 2.13. The molecule has 0 bridgehead atoms. The fourth-order valence-electron chi connectivity index (χ4n) is 3.33. The summed E-state index contributed by atoms with van der Waals surface area (Å²) >= 11 is 0. The first-order chi connectivity index (χ1) is 11.8. The predicted molar refractivity (Wildman–Crippen MR) is 95.6 cm³/mol. The normalized spacial score (nSPS) is 11.5. The van der Waals surface area contributed by atoms with E-state index in [1.165, 1.54) is 17.5 Å². The molecule has 2 heterocycles. The van der Waals surface area contributed by atoms with Crippen molar-refractivity contribution in [3.8, 4) is 11.4 Å². The Bertz CT molecular complexity index is 1200. The minimum absolute atomic E-state index is 0.242. The predicted octanol–water partition coefficient (Wildman–Crippen LogP) is 5.45. The number of hydrogen-bond acceptors (Lipinski definition) is 1. The van der Waals surface area contributed by atoms with Crippen molar-refractivity contribution >= 4 is 27.3 Å². The molecular formula is C21H13FN2. The molecule has 3 heteroatoms. The largest absolute Gasteiger partial charge is 0.293 e. The molecule has 3 aromatic carbocycles. The molecule has 0 aliphatic rings. The zero-order valence-corrected chi connectivity index (χ0v) is 12.8. The molecule has 0 spiro atoms. The number of fused-ring (bicyclic) bond motifs is 5. The third-order valence-corrected chi connectivity index (χ3v) is 4.43. The maximum Gasteiger partial charge on any atom is 0.145 e. The Balaban J connectivity index is 2.01. The van der Waals surface area contributed by atoms with Gasteiger partial charge in [0.15, 0.2) is 0 Å². The van der Waals surface area contributed by atoms with Crippen molar-refractivity contribution in [2.75, 3.05) is 0 Å². The van der Waals surface area contributed by atoms with Crippen LogP contribution in [-0.4, -0.2) is 9.38 Å². The van der Waals surface area contributed by atoms with Gasteiger partial charge < -0.3 is 0 Å². The first kappa shape index (κ1) is 13.3. The van der Waals surface area contributed by atoms with Crippen molar-refractivity contribution < 1.29 is 4.39 Å². The monoisotopic (exact) mass is 312 g/mol. The molecule has 2 nitrogen and oxygen atoms in total. The van der Waals surface area contributed by atoms with Crippen LogP contribution in [0.25, 0.3) is 38.7 Å². The third kappa shape index (κ3) is 1.85. The lowest BCUT2D eigenvalue weighted by molar-refractivity contribution is 0.628. The minimum Gasteiger partial charge on any atom is -0.293 e. The Kier molecular flexibility index (Phi) is 2.71. The molecular weight excluding hydrogens is 299 g/mol. The van der Waals surface area contributed by atoms with Crippen molar-refractivity contribution in [3.05, 3.63) is 84.7 Å². The lowest BCUT2D eigenvalue weighted by atomic mass is 10.1. The zero-order chi connectivity index (χ0) is 16.1. The smallest absolute Gasteiger partial charge is 0.145 e. The summed E-state index contributed by atoms with van der Waals surface area (Å²) in [6, 6.07) is 25.1. The maximum absolute atomic E-state index is 13.3. The molecule has 0 saturated carbocycles. The Hall–Kier alpha value is -3.20. The van der Waals surface area contributed by atoms with Gasteiger partial charge in [0.25, 0.3) is 0 Å². The molecule has 0 radical (unpaired) electrons. The van der Waals surface area contributed by atoms with E-state index in [9.17, 15) is 4.39 Å². The molecule has 0 amide bonds. The highest BCUT2D eigenvalue weighted by molar-refractivity contribution is 6.02. The van der Waals surface area contributed by atoms with Crippen LogP contribution in [-0.2, 0) is 0 Å². The first-order valence-electron chi connectivity index (χ1n) is 7.86. The van der Waals surface area contributed by atoms with Crippen LogP contribution in [0.2, 0.25) is 0 Å². The summed E-state index contributed by atoms with van der Waals surface area (Å²) in [5, 5.41) is 2.28. The molecule has 0 unspecified atom stereocenters. The molecule has 0 atom stereocenters. The highest BCUT2D eigenvalue weighted by Crippen LogP contribution is 2.31. The molecule has 5 rings (SSSR count). The molecule has 114 valence electrons. The molecule has 0 saturated heterocycles. The van der Waals surface area contributed by atoms with Gasteiger partial charge in [0.05, 0.1) is 16.6 Å². The average Bonchev–Trinajstić information content (AvgIpc) is 3.02. The van der Waals surface area contributed by atoms with Gasteiger partial charge in [-0.2, -0.15) is 0 Å². The maximum atomic E-state index is 13.3. The standard InChI is InChI=1S/C21H13FN2/c22-16-11-9-14(10-12-16)21-23-18-7-3-2-6-17(18)20-13-15-5-1-4-8-19(15)24(20)21/h1-13H. The van der Waals surface area contributed by atoms with Gasteiger partial charge in [0, 0.05) is 16.3 Å². The van der Waals surface area contributed by atoms with Crippen molar-refractivity contribution in [1.29, 1.82) is 0 Å². The molecule has 2 aromatic heterocycles. The SMILES string of the molecule is Fc1ccc(-c2nc3ccccc3c3cc4ccccc4n23)cc1. The fourth-order valence-corrected chi connectivity index (χ4v) is 3.33. The lowest BCUT2D eigenvalue weighted by Crippen LogP contribution is -1.97. The highest BCUT2D eigenvalue weighted by atomic mass is 19.1. The quantitative estimate of drug-likeness (QED) is 0.402. The summed E-state index contributed by atoms with van der Waals surface area (Å²) in [5.74, 6) is 0.582. The van der Waals surface area contributed by atoms with Crippen LogP contribution in [0.15, 0.2) is 78.9 Å². The number of nitrogens with zero attached hydrogens (tertiary/aromatic N) is 2. The van der Waals surface area contributed by atoms with Crippen LogP contribution < -0.4 is 0 Å². The van der Waals surface area contributed by atoms with Crippen LogP contribution in [0.1, 0.15) is 0 Å². The minimum atomic E-state index is -0.242. The van der Waals surface area contributed by atoms with Gasteiger partial charge in [-0.3, -0.25) is 4.40 Å². The van der Waals surface area contributed by atoms with Gasteiger partial charge in [0.2, 0.25) is 0 Å². The fraction of sp³-hybridized carbons (Fsp3) is 0. The first-order valence-corrected chi connectivity index (χ1v) is 7.86. The summed E-state index contributed by atoms with van der Waals surface area (Å²) in [6.07, 6.45) is 0. The van der Waals surface area contributed by atoms with E-state index >= 15 is 0 Å². The topological polar surface area (TPSA) is 17.3 Å². The number of para-hydroxylation sites is 2. The van der Waals surface area contributed by atoms with E-state index in [0.717, 1.165) is 33.3 Å². The van der Waals surface area contributed by atoms with E-state index in [1.807, 2.05) is 30.3 Å². The number of rotatable bonds is 1. The van der Waals surface area contributed by atoms with Gasteiger partial charge in [-0.1, -0.05) is 36.4 Å². The Morgan fingerprint density at radius 2 is 1.50 bits per heavy atom. The third-order valence-electron chi connectivity index (χ3n) is 4.43. The molecule has 0 fully saturated rings. The summed E-state index contributed by atoms with van der Waals surface area (Å²) in [5.41, 5.74) is 4.05. The summed E-state index contributed by atoms with van der Waals surface area (Å²) < 4.78 is 15.5. The number of aromatic nitrogens is 2. The van der Waals surface area contributed by atoms with E-state index in [4.69, 9.17) is 4.98 Å². The zero-order valence-electron chi connectivity index (χ0n) is 12.8. The summed E-state index contributed by atoms with van der Waals surface area (Å²) in [7, 11) is 0. The van der Waals surface area contributed by atoms with E-state index in [1.54, 1.807) is 12.1 Å². The van der Waals surface area contributed by atoms with Crippen LogP contribution in [0.3, 0.4) is 0 Å². The van der Waals surface area contributed by atoms with E-state index in [-0.39, 0.29) is 5.82 Å². The second-order valence-corrected chi connectivity index (χ2v) is 5.88. The van der Waals surface area contributed by atoms with Gasteiger partial charge >= 0.3 is 0 Å². The van der Waals surface area contributed by atoms with E-state index < -0.39 is 0 Å². The second-order valence-electron chi connectivity index (χ2n) is 5.88. The van der Waals surface area contributed by atoms with Gasteiger partial charge in [-0.15, -0.1) is 0 Å². The van der Waals surface area contributed by atoms with Gasteiger partial charge in [-0.05, 0) is 42.5 Å². The Morgan fingerprint density at radius 3 is 2.38 bits per heavy atom. The van der Waals surface area contributed by atoms with Crippen molar-refractivity contribution in [2.24, 2.45) is 0 Å². The van der Waals surface area contributed by atoms with E-state index in [2.05, 4.69) is 28.7 Å². The molecule has 0 aliphatic heterocycles. The molecule has 24 heavy (non-hydrogen) atoms. The summed E-state index contributed by atoms with van der Waals surface area (Å²) in [4.78, 5) is 4.87. The molecule has 5 aromatic rings. The lowest BCUT2D eigenvalue weighted by Gasteiger charge is -2.10. The van der Waals surface area contributed by atoms with Crippen molar-refractivity contribution in [3.63, 3.8) is 0 Å². The van der Waals surface area contributed by atoms with Crippen LogP contribution in [0.5, 0.6) is 0 Å². The number of halogens is 1. The van der Waals surface area contributed by atoms with Crippen LogP contribution in [0, 0.1) is 5.82 Å². The van der Waals surface area contributed by atoms with Gasteiger partial charge in [-0.25, -0.2) is 9.37 Å². The molecule has 0 N–H and O–H groups in total.